The van der Waals surface area contributed by atoms with E-state index in [1.165, 1.54) is 5.06 Å². The molecule has 4 rings (SSSR count). The largest absolute Gasteiger partial charge is 0.528 e. The van der Waals surface area contributed by atoms with Crippen molar-refractivity contribution in [3.8, 4) is 0 Å². The van der Waals surface area contributed by atoms with Gasteiger partial charge in [0.25, 0.3) is 0 Å². The summed E-state index contributed by atoms with van der Waals surface area (Å²) >= 11 is 0. The lowest BCUT2D eigenvalue weighted by Gasteiger charge is -2.32. The van der Waals surface area contributed by atoms with Crippen LogP contribution in [0, 0.1) is 0 Å². The molecule has 1 aromatic heterocycles. The van der Waals surface area contributed by atoms with Crippen molar-refractivity contribution in [2.75, 3.05) is 38.5 Å². The second kappa shape index (κ2) is 11.2. The molecule has 0 saturated carbocycles. The smallest absolute Gasteiger partial charge is 0.428 e. The van der Waals surface area contributed by atoms with E-state index in [2.05, 4.69) is 15.4 Å². The fraction of sp³-hybridized carbons (Fsp3) is 0.409. The molecule has 1 atom stereocenters. The third-order valence-electron chi connectivity index (χ3n) is 5.68. The molecule has 1 N–H and O–H groups in total. The van der Waals surface area contributed by atoms with Gasteiger partial charge in [0.1, 0.15) is 17.6 Å². The van der Waals surface area contributed by atoms with Crippen molar-refractivity contribution in [3.05, 3.63) is 53.1 Å². The van der Waals surface area contributed by atoms with Crippen molar-refractivity contribution >= 4 is 28.0 Å². The monoisotopic (exact) mass is 565 g/mol. The first kappa shape index (κ1) is 27.8. The number of alkyl halides is 6. The number of carbonyl (C=O) groups excluding carboxylic acids is 1. The summed E-state index contributed by atoms with van der Waals surface area (Å²) in [5, 5.41) is 11.7. The Hall–Kier alpha value is -3.24. The van der Waals surface area contributed by atoms with Gasteiger partial charge in [-0.2, -0.15) is 41.8 Å². The number of hydrogen-bond acceptors (Lipinski definition) is 8. The molecule has 2 aromatic carbocycles. The van der Waals surface area contributed by atoms with Gasteiger partial charge in [0, 0.05) is 43.4 Å². The van der Waals surface area contributed by atoms with Gasteiger partial charge in [-0.1, -0.05) is 0 Å². The zero-order valence-corrected chi connectivity index (χ0v) is 20.3. The first-order valence-corrected chi connectivity index (χ1v) is 12.5. The van der Waals surface area contributed by atoms with E-state index in [1.54, 1.807) is 18.2 Å². The topological polar surface area (TPSA) is 101 Å². The minimum atomic E-state index is -5.01. The minimum absolute atomic E-state index is 0.00783. The number of nitrogens with one attached hydrogen (secondary N) is 1. The summed E-state index contributed by atoms with van der Waals surface area (Å²) in [6.07, 6.45) is -11.3. The number of rotatable bonds is 7. The van der Waals surface area contributed by atoms with Crippen molar-refractivity contribution in [1.29, 1.82) is 0 Å². The lowest BCUT2D eigenvalue weighted by molar-refractivity contribution is -0.147. The van der Waals surface area contributed by atoms with Gasteiger partial charge in [-0.25, -0.2) is 4.79 Å². The average Bonchev–Trinajstić information content (AvgIpc) is 3.34. The van der Waals surface area contributed by atoms with Gasteiger partial charge in [0.15, 0.2) is 0 Å². The van der Waals surface area contributed by atoms with Crippen LogP contribution in [0.3, 0.4) is 0 Å². The maximum Gasteiger partial charge on any atom is 0.528 e. The van der Waals surface area contributed by atoms with Crippen LogP contribution >= 0.6 is 0 Å². The number of fused-ring (bicyclic) bond motifs is 1. The van der Waals surface area contributed by atoms with Crippen LogP contribution in [0.2, 0.25) is 0 Å². The lowest BCUT2D eigenvalue weighted by atomic mass is 10.1. The maximum absolute atomic E-state index is 13.0. The van der Waals surface area contributed by atoms with Crippen LogP contribution in [-0.2, 0) is 39.3 Å². The molecule has 0 aliphatic carbocycles. The van der Waals surface area contributed by atoms with Crippen LogP contribution in [0.25, 0.3) is 11.0 Å². The second-order valence-corrected chi connectivity index (χ2v) is 9.91. The number of nitrogens with zero attached hydrogens (tertiary/aromatic N) is 4. The first-order valence-electron chi connectivity index (χ1n) is 11.2. The summed E-state index contributed by atoms with van der Waals surface area (Å²) in [7, 11) is -1.26. The van der Waals surface area contributed by atoms with Crippen molar-refractivity contribution in [1.82, 2.24) is 25.4 Å². The lowest BCUT2D eigenvalue weighted by Crippen LogP contribution is -2.47. The average molecular weight is 565 g/mol. The van der Waals surface area contributed by atoms with Gasteiger partial charge < -0.3 is 9.57 Å². The molecule has 0 amide bonds. The Bertz CT molecular complexity index is 1280. The third kappa shape index (κ3) is 7.20. The van der Waals surface area contributed by atoms with E-state index in [9.17, 15) is 35.3 Å². The molecule has 0 bridgehead atoms. The molecule has 1 aliphatic rings. The minimum Gasteiger partial charge on any atom is -0.428 e. The summed E-state index contributed by atoms with van der Waals surface area (Å²) in [4.78, 5) is 19.6. The predicted molar refractivity (Wildman–Crippen MR) is 121 cm³/mol. The van der Waals surface area contributed by atoms with Crippen molar-refractivity contribution in [3.63, 3.8) is 0 Å². The van der Waals surface area contributed by atoms with E-state index < -0.39 is 52.6 Å². The van der Waals surface area contributed by atoms with Gasteiger partial charge in [0.05, 0.1) is 21.9 Å². The van der Waals surface area contributed by atoms with E-state index >= 15 is 0 Å². The number of hydrogen-bond donors (Lipinski definition) is 1. The van der Waals surface area contributed by atoms with E-state index in [4.69, 9.17) is 9.57 Å². The third-order valence-corrected chi connectivity index (χ3v) is 7.02. The quantitative estimate of drug-likeness (QED) is 0.339. The number of carbonyl (C=O) groups is 1. The molecule has 2 heterocycles. The number of benzene rings is 2. The highest BCUT2D eigenvalue weighted by Crippen LogP contribution is 2.36. The summed E-state index contributed by atoms with van der Waals surface area (Å²) < 4.78 is 95.2. The van der Waals surface area contributed by atoms with Gasteiger partial charge in [0.2, 0.25) is 0 Å². The summed E-state index contributed by atoms with van der Waals surface area (Å²) in [5.41, 5.74) is -2.21. The van der Waals surface area contributed by atoms with Gasteiger partial charge in [-0.05, 0) is 42.0 Å². The summed E-state index contributed by atoms with van der Waals surface area (Å²) in [5.74, 6) is 0.364. The van der Waals surface area contributed by atoms with Crippen LogP contribution < -0.4 is 0 Å². The van der Waals surface area contributed by atoms with E-state index in [-0.39, 0.29) is 19.2 Å². The second-order valence-electron chi connectivity index (χ2n) is 8.34. The molecule has 1 fully saturated rings. The Morgan fingerprint density at radius 2 is 1.55 bits per heavy atom. The van der Waals surface area contributed by atoms with Gasteiger partial charge in [-0.3, -0.25) is 9.11 Å². The van der Waals surface area contributed by atoms with Crippen molar-refractivity contribution < 1.29 is 44.9 Å². The number of hydroxylamine groups is 2. The zero-order chi connectivity index (χ0) is 27.5. The molecule has 206 valence electrons. The summed E-state index contributed by atoms with van der Waals surface area (Å²) in [6, 6.07) is 6.11. The standard InChI is InChI=1S/C22H21F6N5O4S/c23-21(24,25)15-9-14(10-16(11-15)22(26,27)28)13-36-20(34)37-33-5-3-32(4-6-33)7-8-38(35)17-1-2-18-19(12-17)30-31-29-18/h1-2,9-12H,3-8,13H2,(H,29,30,31). The number of piperazine rings is 1. The number of aromatic amines is 1. The van der Waals surface area contributed by atoms with Crippen LogP contribution in [0.4, 0.5) is 31.1 Å². The molecule has 0 spiro atoms. The normalized spacial score (nSPS) is 16.5. The number of ether oxygens (including phenoxy) is 1. The molecule has 1 aliphatic heterocycles. The van der Waals surface area contributed by atoms with Crippen LogP contribution in [0.15, 0.2) is 41.3 Å². The van der Waals surface area contributed by atoms with E-state index in [1.807, 2.05) is 4.90 Å². The summed E-state index contributed by atoms with van der Waals surface area (Å²) in [6.45, 7) is 1.16. The fourth-order valence-electron chi connectivity index (χ4n) is 3.71. The Morgan fingerprint density at radius 1 is 0.921 bits per heavy atom. The number of aromatic nitrogens is 3. The molecule has 0 radical (unpaired) electrons. The van der Waals surface area contributed by atoms with Crippen LogP contribution in [0.1, 0.15) is 16.7 Å². The molecule has 38 heavy (non-hydrogen) atoms. The molecular weight excluding hydrogens is 544 g/mol. The Morgan fingerprint density at radius 3 is 2.18 bits per heavy atom. The maximum atomic E-state index is 13.0. The first-order chi connectivity index (χ1) is 17.9. The Balaban J connectivity index is 1.22. The highest BCUT2D eigenvalue weighted by Gasteiger charge is 2.37. The number of H-pyrrole nitrogens is 1. The molecule has 1 saturated heterocycles. The highest BCUT2D eigenvalue weighted by atomic mass is 32.2. The molecular formula is C22H21F6N5O4S. The molecule has 9 nitrogen and oxygen atoms in total. The molecule has 16 heteroatoms. The van der Waals surface area contributed by atoms with Crippen LogP contribution in [0.5, 0.6) is 0 Å². The van der Waals surface area contributed by atoms with Crippen molar-refractivity contribution in [2.45, 2.75) is 23.9 Å². The van der Waals surface area contributed by atoms with Crippen LogP contribution in [-0.4, -0.2) is 74.2 Å². The van der Waals surface area contributed by atoms with Crippen molar-refractivity contribution in [2.24, 2.45) is 0 Å². The molecule has 1 unspecified atom stereocenters. The Kier molecular flexibility index (Phi) is 8.22. The fourth-order valence-corrected chi connectivity index (χ4v) is 4.84. The molecule has 3 aromatic rings. The SMILES string of the molecule is O=C(OCc1cc(C(F)(F)F)cc(C(F)(F)F)c1)ON1CCN(CCS(=O)c2ccc3n[nH]nc3c2)CC1. The van der Waals surface area contributed by atoms with E-state index in [0.29, 0.717) is 53.4 Å². The van der Waals surface area contributed by atoms with Gasteiger partial charge >= 0.3 is 18.5 Å². The van der Waals surface area contributed by atoms with E-state index in [0.717, 1.165) is 0 Å². The number of halogens is 6. The van der Waals surface area contributed by atoms with Gasteiger partial charge in [-0.15, -0.1) is 5.06 Å². The predicted octanol–water partition coefficient (Wildman–Crippen LogP) is 3.99. The zero-order valence-electron chi connectivity index (χ0n) is 19.5. The highest BCUT2D eigenvalue weighted by molar-refractivity contribution is 7.85. The Labute approximate surface area is 214 Å².